The van der Waals surface area contributed by atoms with Crippen LogP contribution in [0.25, 0.3) is 21.9 Å². The normalized spacial score (nSPS) is 10.3. The molecule has 0 fully saturated rings. The van der Waals surface area contributed by atoms with Crippen molar-refractivity contribution in [3.05, 3.63) is 55.6 Å². The van der Waals surface area contributed by atoms with Crippen molar-refractivity contribution >= 4 is 53.8 Å². The lowest BCUT2D eigenvalue weighted by atomic mass is 10.1. The van der Waals surface area contributed by atoms with Gasteiger partial charge in [0.05, 0.1) is 10.8 Å². The highest BCUT2D eigenvalue weighted by molar-refractivity contribution is 9.10. The van der Waals surface area contributed by atoms with Crippen LogP contribution in [-0.4, -0.2) is 0 Å². The molecular formula is C15H12Br2O2. The molecule has 2 nitrogen and oxygen atoms in total. The van der Waals surface area contributed by atoms with Crippen molar-refractivity contribution in [3.8, 4) is 0 Å². The van der Waals surface area contributed by atoms with Crippen LogP contribution in [0.1, 0.15) is 13.8 Å². The molecule has 2 aromatic carbocycles. The van der Waals surface area contributed by atoms with Crippen LogP contribution in [0.5, 0.6) is 0 Å². The zero-order chi connectivity index (χ0) is 14.0. The first-order valence-electron chi connectivity index (χ1n) is 5.97. The second-order valence-corrected chi connectivity index (χ2v) is 5.54. The van der Waals surface area contributed by atoms with Crippen molar-refractivity contribution in [2.75, 3.05) is 0 Å². The SMILES string of the molecule is CC.O=c1c2ccc(Br)cc2oc2ccc(Br)cc12. The molecular weight excluding hydrogens is 372 g/mol. The maximum atomic E-state index is 12.3. The Morgan fingerprint density at radius 1 is 0.842 bits per heavy atom. The van der Waals surface area contributed by atoms with E-state index in [1.807, 2.05) is 26.0 Å². The standard InChI is InChI=1S/C13H6Br2O2.C2H6/c14-7-2-4-11-10(5-7)13(16)9-3-1-8(15)6-12(9)17-11;1-2/h1-6H;1-2H3. The summed E-state index contributed by atoms with van der Waals surface area (Å²) in [6, 6.07) is 10.8. The number of fused-ring (bicyclic) bond motifs is 2. The molecule has 0 N–H and O–H groups in total. The van der Waals surface area contributed by atoms with E-state index in [0.717, 1.165) is 8.95 Å². The molecule has 0 saturated heterocycles. The van der Waals surface area contributed by atoms with Gasteiger partial charge < -0.3 is 4.42 Å². The van der Waals surface area contributed by atoms with Gasteiger partial charge in [0.25, 0.3) is 0 Å². The van der Waals surface area contributed by atoms with Crippen LogP contribution in [0.4, 0.5) is 0 Å². The van der Waals surface area contributed by atoms with Gasteiger partial charge in [0.15, 0.2) is 0 Å². The van der Waals surface area contributed by atoms with Gasteiger partial charge in [-0.25, -0.2) is 0 Å². The van der Waals surface area contributed by atoms with Crippen LogP contribution in [0, 0.1) is 0 Å². The average molecular weight is 384 g/mol. The molecule has 98 valence electrons. The van der Waals surface area contributed by atoms with E-state index in [2.05, 4.69) is 31.9 Å². The van der Waals surface area contributed by atoms with Gasteiger partial charge in [-0.2, -0.15) is 0 Å². The van der Waals surface area contributed by atoms with Crippen LogP contribution in [0.3, 0.4) is 0 Å². The van der Waals surface area contributed by atoms with Crippen molar-refractivity contribution in [1.29, 1.82) is 0 Å². The second kappa shape index (κ2) is 5.88. The summed E-state index contributed by atoms with van der Waals surface area (Å²) in [5.74, 6) is 0. The Balaban J connectivity index is 0.000000637. The first-order valence-corrected chi connectivity index (χ1v) is 7.55. The Labute approximate surface area is 127 Å². The molecule has 19 heavy (non-hydrogen) atoms. The number of hydrogen-bond acceptors (Lipinski definition) is 2. The molecule has 1 aromatic heterocycles. The molecule has 0 saturated carbocycles. The van der Waals surface area contributed by atoms with E-state index < -0.39 is 0 Å². The molecule has 0 amide bonds. The Hall–Kier alpha value is -1.13. The van der Waals surface area contributed by atoms with E-state index in [1.54, 1.807) is 24.3 Å². The number of hydrogen-bond donors (Lipinski definition) is 0. The van der Waals surface area contributed by atoms with Gasteiger partial charge in [0.1, 0.15) is 11.2 Å². The minimum atomic E-state index is -0.00458. The lowest BCUT2D eigenvalue weighted by Gasteiger charge is -2.02. The molecule has 4 heteroatoms. The Bertz CT molecular complexity index is 791. The van der Waals surface area contributed by atoms with Crippen molar-refractivity contribution in [1.82, 2.24) is 0 Å². The lowest BCUT2D eigenvalue weighted by molar-refractivity contribution is 0.659. The number of halogens is 2. The smallest absolute Gasteiger partial charge is 0.200 e. The molecule has 0 aliphatic rings. The van der Waals surface area contributed by atoms with Crippen molar-refractivity contribution in [3.63, 3.8) is 0 Å². The number of rotatable bonds is 0. The van der Waals surface area contributed by atoms with Crippen LogP contribution < -0.4 is 5.43 Å². The Morgan fingerprint density at radius 2 is 1.47 bits per heavy atom. The zero-order valence-electron chi connectivity index (χ0n) is 10.5. The van der Waals surface area contributed by atoms with Crippen LogP contribution in [0.15, 0.2) is 54.6 Å². The fourth-order valence-electron chi connectivity index (χ4n) is 1.80. The maximum Gasteiger partial charge on any atom is 0.200 e. The summed E-state index contributed by atoms with van der Waals surface area (Å²) in [5.41, 5.74) is 1.19. The quantitative estimate of drug-likeness (QED) is 0.480. The Morgan fingerprint density at radius 3 is 2.21 bits per heavy atom. The predicted octanol–water partition coefficient (Wildman–Crippen LogP) is 5.50. The predicted molar refractivity (Wildman–Crippen MR) is 86.7 cm³/mol. The Kier molecular flexibility index (Phi) is 4.42. The van der Waals surface area contributed by atoms with Gasteiger partial charge in [-0.3, -0.25) is 4.79 Å². The second-order valence-electron chi connectivity index (χ2n) is 3.71. The molecule has 1 heterocycles. The first-order chi connectivity index (χ1) is 9.15. The minimum Gasteiger partial charge on any atom is -0.456 e. The van der Waals surface area contributed by atoms with E-state index in [-0.39, 0.29) is 5.43 Å². The summed E-state index contributed by atoms with van der Waals surface area (Å²) < 4.78 is 7.47. The summed E-state index contributed by atoms with van der Waals surface area (Å²) in [4.78, 5) is 12.3. The number of benzene rings is 2. The van der Waals surface area contributed by atoms with E-state index in [9.17, 15) is 4.79 Å². The summed E-state index contributed by atoms with van der Waals surface area (Å²) in [6.45, 7) is 4.00. The molecule has 0 radical (unpaired) electrons. The topological polar surface area (TPSA) is 30.2 Å². The highest BCUT2D eigenvalue weighted by Crippen LogP contribution is 2.23. The summed E-state index contributed by atoms with van der Waals surface area (Å²) >= 11 is 6.72. The summed E-state index contributed by atoms with van der Waals surface area (Å²) in [6.07, 6.45) is 0. The zero-order valence-corrected chi connectivity index (χ0v) is 13.7. The minimum absolute atomic E-state index is 0.00458. The van der Waals surface area contributed by atoms with Crippen molar-refractivity contribution in [2.45, 2.75) is 13.8 Å². The molecule has 0 aliphatic carbocycles. The third kappa shape index (κ3) is 2.74. The van der Waals surface area contributed by atoms with Crippen molar-refractivity contribution < 1.29 is 4.42 Å². The molecule has 0 spiro atoms. The van der Waals surface area contributed by atoms with E-state index in [1.165, 1.54) is 0 Å². The van der Waals surface area contributed by atoms with Gasteiger partial charge in [0.2, 0.25) is 5.43 Å². The van der Waals surface area contributed by atoms with E-state index >= 15 is 0 Å². The summed E-state index contributed by atoms with van der Waals surface area (Å²) in [7, 11) is 0. The first kappa shape index (κ1) is 14.3. The fraction of sp³-hybridized carbons (Fsp3) is 0.133. The van der Waals surface area contributed by atoms with E-state index in [0.29, 0.717) is 21.9 Å². The van der Waals surface area contributed by atoms with Crippen LogP contribution in [0.2, 0.25) is 0 Å². The largest absolute Gasteiger partial charge is 0.456 e. The average Bonchev–Trinajstić information content (AvgIpc) is 2.42. The third-order valence-electron chi connectivity index (χ3n) is 2.59. The fourth-order valence-corrected chi connectivity index (χ4v) is 2.50. The molecule has 0 atom stereocenters. The van der Waals surface area contributed by atoms with Crippen LogP contribution >= 0.6 is 31.9 Å². The van der Waals surface area contributed by atoms with Gasteiger partial charge >= 0.3 is 0 Å². The molecule has 0 aliphatic heterocycles. The molecule has 0 bridgehead atoms. The lowest BCUT2D eigenvalue weighted by Crippen LogP contribution is -2.01. The monoisotopic (exact) mass is 382 g/mol. The van der Waals surface area contributed by atoms with Crippen LogP contribution in [-0.2, 0) is 0 Å². The van der Waals surface area contributed by atoms with E-state index in [4.69, 9.17) is 4.42 Å². The van der Waals surface area contributed by atoms with Crippen molar-refractivity contribution in [2.24, 2.45) is 0 Å². The highest BCUT2D eigenvalue weighted by Gasteiger charge is 2.07. The molecule has 0 unspecified atom stereocenters. The summed E-state index contributed by atoms with van der Waals surface area (Å²) in [5, 5.41) is 1.19. The van der Waals surface area contributed by atoms with Gasteiger partial charge in [0, 0.05) is 8.95 Å². The third-order valence-corrected chi connectivity index (χ3v) is 3.58. The maximum absolute atomic E-state index is 12.3. The highest BCUT2D eigenvalue weighted by atomic mass is 79.9. The van der Waals surface area contributed by atoms with Gasteiger partial charge in [-0.15, -0.1) is 0 Å². The molecule has 3 rings (SSSR count). The molecule has 3 aromatic rings. The van der Waals surface area contributed by atoms with Gasteiger partial charge in [-0.1, -0.05) is 45.7 Å². The van der Waals surface area contributed by atoms with Gasteiger partial charge in [-0.05, 0) is 36.4 Å².